The molecule has 78 valence electrons. The first-order chi connectivity index (χ1) is 7.07. The number of hydrogen-bond acceptors (Lipinski definition) is 3. The Morgan fingerprint density at radius 2 is 1.87 bits per heavy atom. The third-order valence-electron chi connectivity index (χ3n) is 1.84. The summed E-state index contributed by atoms with van der Waals surface area (Å²) in [5.74, 6) is 0. The summed E-state index contributed by atoms with van der Waals surface area (Å²) in [5, 5.41) is 0. The maximum Gasteiger partial charge on any atom is 0.304 e. The number of para-hydroxylation sites is 1. The molecule has 2 rings (SSSR count). The number of nitrogens with zero attached hydrogens (tertiary/aromatic N) is 1. The lowest BCUT2D eigenvalue weighted by Crippen LogP contribution is -2.26. The molecule has 1 aromatic carbocycles. The van der Waals surface area contributed by atoms with Crippen molar-refractivity contribution in [2.75, 3.05) is 0 Å². The fourth-order valence-corrected chi connectivity index (χ4v) is 1.52. The van der Waals surface area contributed by atoms with E-state index < -0.39 is 10.1 Å². The number of rotatable bonds is 2. The van der Waals surface area contributed by atoms with Crippen LogP contribution in [0.3, 0.4) is 0 Å². The molecule has 0 radical (unpaired) electrons. The molecule has 0 aliphatic heterocycles. The minimum absolute atomic E-state index is 0.272. The molecule has 0 saturated heterocycles. The van der Waals surface area contributed by atoms with Crippen LogP contribution in [-0.4, -0.2) is 13.0 Å². The Hall–Kier alpha value is -1.66. The third-order valence-corrected chi connectivity index (χ3v) is 2.63. The zero-order valence-electron chi connectivity index (χ0n) is 7.57. The van der Waals surface area contributed by atoms with Crippen molar-refractivity contribution in [3.63, 3.8) is 0 Å². The fourth-order valence-electron chi connectivity index (χ4n) is 1.12. The molecule has 1 aromatic heterocycles. The van der Waals surface area contributed by atoms with Crippen molar-refractivity contribution < 1.29 is 22.2 Å². The van der Waals surface area contributed by atoms with Gasteiger partial charge in [-0.1, -0.05) is 18.2 Å². The van der Waals surface area contributed by atoms with Crippen LogP contribution in [0.5, 0.6) is 0 Å². The van der Waals surface area contributed by atoms with Gasteiger partial charge in [0.2, 0.25) is 11.1 Å². The van der Waals surface area contributed by atoms with Gasteiger partial charge in [-0.05, 0) is 0 Å². The first-order valence-corrected chi connectivity index (χ1v) is 5.55. The van der Waals surface area contributed by atoms with Gasteiger partial charge in [-0.15, -0.1) is 0 Å². The molecule has 0 aliphatic rings. The van der Waals surface area contributed by atoms with Gasteiger partial charge >= 0.3 is 10.1 Å². The molecule has 5 nitrogen and oxygen atoms in total. The molecule has 0 aliphatic carbocycles. The average molecular weight is 226 g/mol. The molecular weight excluding hydrogens is 218 g/mol. The summed E-state index contributed by atoms with van der Waals surface area (Å²) in [6.45, 7) is 0. The Balaban J connectivity index is 2.46. The molecule has 0 spiro atoms. The molecular formula is C9H8NO4S+. The van der Waals surface area contributed by atoms with Crippen LogP contribution < -0.4 is 4.74 Å². The van der Waals surface area contributed by atoms with Gasteiger partial charge in [0.05, 0.1) is 0 Å². The minimum Gasteiger partial charge on any atom is -0.282 e. The molecule has 1 N–H and O–H groups in total. The van der Waals surface area contributed by atoms with Crippen molar-refractivity contribution in [3.8, 4) is 5.69 Å². The molecule has 2 aromatic rings. The van der Waals surface area contributed by atoms with Gasteiger partial charge in [0.15, 0.2) is 6.26 Å². The van der Waals surface area contributed by atoms with Crippen LogP contribution in [0.2, 0.25) is 0 Å². The topological polar surface area (TPSA) is 71.4 Å². The van der Waals surface area contributed by atoms with E-state index in [9.17, 15) is 8.42 Å². The highest BCUT2D eigenvalue weighted by Crippen LogP contribution is 2.06. The highest BCUT2D eigenvalue weighted by molar-refractivity contribution is 7.85. The Morgan fingerprint density at radius 3 is 2.40 bits per heavy atom. The predicted molar refractivity (Wildman–Crippen MR) is 50.1 cm³/mol. The minimum atomic E-state index is -4.20. The molecule has 0 unspecified atom stereocenters. The van der Waals surface area contributed by atoms with Crippen LogP contribution in [0.1, 0.15) is 0 Å². The Morgan fingerprint density at radius 1 is 1.20 bits per heavy atom. The van der Waals surface area contributed by atoms with E-state index >= 15 is 0 Å². The Kier molecular flexibility index (Phi) is 2.29. The van der Waals surface area contributed by atoms with Crippen LogP contribution >= 0.6 is 0 Å². The summed E-state index contributed by atoms with van der Waals surface area (Å²) >= 11 is 0. The van der Waals surface area contributed by atoms with Crippen LogP contribution in [0.25, 0.3) is 5.69 Å². The first kappa shape index (κ1) is 9.88. The van der Waals surface area contributed by atoms with Crippen molar-refractivity contribution in [2.24, 2.45) is 0 Å². The zero-order chi connectivity index (χ0) is 10.9. The van der Waals surface area contributed by atoms with Gasteiger partial charge in [-0.3, -0.25) is 4.55 Å². The van der Waals surface area contributed by atoms with Crippen molar-refractivity contribution in [1.29, 1.82) is 0 Å². The van der Waals surface area contributed by atoms with Crippen LogP contribution in [0.15, 0.2) is 52.2 Å². The number of hydrogen-bond donors (Lipinski definition) is 1. The smallest absolute Gasteiger partial charge is 0.282 e. The lowest BCUT2D eigenvalue weighted by Gasteiger charge is -1.85. The van der Waals surface area contributed by atoms with E-state index in [0.29, 0.717) is 5.69 Å². The predicted octanol–water partition coefficient (Wildman–Crippen LogP) is 0.803. The van der Waals surface area contributed by atoms with Crippen molar-refractivity contribution in [3.05, 3.63) is 42.8 Å². The molecule has 1 heterocycles. The lowest BCUT2D eigenvalue weighted by molar-refractivity contribution is -0.784. The summed E-state index contributed by atoms with van der Waals surface area (Å²) in [4.78, 5) is -0.272. The van der Waals surface area contributed by atoms with Crippen LogP contribution in [0.4, 0.5) is 0 Å². The van der Waals surface area contributed by atoms with Gasteiger partial charge in [0, 0.05) is 16.9 Å². The summed E-state index contributed by atoms with van der Waals surface area (Å²) in [6.07, 6.45) is 2.17. The highest BCUT2D eigenvalue weighted by Gasteiger charge is 2.20. The first-order valence-electron chi connectivity index (χ1n) is 4.11. The maximum atomic E-state index is 10.8. The van der Waals surface area contributed by atoms with E-state index in [4.69, 9.17) is 9.08 Å². The Bertz CT molecular complexity index is 559. The molecule has 0 atom stereocenters. The number of aromatic nitrogens is 1. The zero-order valence-corrected chi connectivity index (χ0v) is 8.39. The average Bonchev–Trinajstić information content (AvgIpc) is 2.67. The second-order valence-electron chi connectivity index (χ2n) is 2.89. The maximum absolute atomic E-state index is 10.8. The SMILES string of the molecule is O=S(=O)(O)c1co[n+](-c2ccccc2)c1. The largest absolute Gasteiger partial charge is 0.304 e. The van der Waals surface area contributed by atoms with E-state index in [2.05, 4.69) is 0 Å². The van der Waals surface area contributed by atoms with E-state index in [-0.39, 0.29) is 4.90 Å². The molecule has 0 saturated carbocycles. The van der Waals surface area contributed by atoms with Crippen molar-refractivity contribution in [1.82, 2.24) is 0 Å². The van der Waals surface area contributed by atoms with Gasteiger partial charge in [0.1, 0.15) is 0 Å². The summed E-state index contributed by atoms with van der Waals surface area (Å²) < 4.78 is 36.5. The second kappa shape index (κ2) is 3.48. The van der Waals surface area contributed by atoms with Gasteiger partial charge in [-0.25, -0.2) is 4.52 Å². The van der Waals surface area contributed by atoms with Gasteiger partial charge < -0.3 is 0 Å². The fraction of sp³-hybridized carbons (Fsp3) is 0. The number of benzene rings is 1. The highest BCUT2D eigenvalue weighted by atomic mass is 32.2. The van der Waals surface area contributed by atoms with Gasteiger partial charge in [0.25, 0.3) is 5.69 Å². The molecule has 0 amide bonds. The molecule has 0 fully saturated rings. The molecule has 6 heteroatoms. The summed E-state index contributed by atoms with van der Waals surface area (Å²) in [5.41, 5.74) is 0.674. The van der Waals surface area contributed by atoms with E-state index in [1.807, 2.05) is 6.07 Å². The van der Waals surface area contributed by atoms with Crippen molar-refractivity contribution >= 4 is 10.1 Å². The van der Waals surface area contributed by atoms with E-state index in [1.54, 1.807) is 24.3 Å². The lowest BCUT2D eigenvalue weighted by atomic mass is 10.3. The van der Waals surface area contributed by atoms with Crippen molar-refractivity contribution in [2.45, 2.75) is 4.90 Å². The summed E-state index contributed by atoms with van der Waals surface area (Å²) in [7, 11) is -4.20. The third kappa shape index (κ3) is 2.05. The Labute approximate surface area is 86.3 Å². The quantitative estimate of drug-likeness (QED) is 0.607. The van der Waals surface area contributed by atoms with E-state index in [1.165, 1.54) is 10.9 Å². The van der Waals surface area contributed by atoms with Crippen LogP contribution in [-0.2, 0) is 10.1 Å². The molecule has 0 bridgehead atoms. The van der Waals surface area contributed by atoms with Crippen LogP contribution in [0, 0.1) is 0 Å². The van der Waals surface area contributed by atoms with E-state index in [0.717, 1.165) is 6.26 Å². The normalized spacial score (nSPS) is 11.5. The molecule has 15 heavy (non-hydrogen) atoms. The monoisotopic (exact) mass is 226 g/mol. The summed E-state index contributed by atoms with van der Waals surface area (Å²) in [6, 6.07) is 8.90. The standard InChI is InChI=1S/C9H7NO4S/c11-15(12,13)9-6-10(14-7-9)8-4-2-1-3-5-8/h1-7H/p+1. The van der Waals surface area contributed by atoms with Gasteiger partial charge in [-0.2, -0.15) is 8.42 Å². The second-order valence-corrected chi connectivity index (χ2v) is 4.31.